The lowest BCUT2D eigenvalue weighted by atomic mass is 10.1. The summed E-state index contributed by atoms with van der Waals surface area (Å²) >= 11 is 5.77. The van der Waals surface area contributed by atoms with Gasteiger partial charge in [0.2, 0.25) is 0 Å². The summed E-state index contributed by atoms with van der Waals surface area (Å²) in [5.41, 5.74) is 1.16. The number of carbonyl (C=O) groups excluding carboxylic acids is 1. The fourth-order valence-corrected chi connectivity index (χ4v) is 3.06. The van der Waals surface area contributed by atoms with Crippen LogP contribution in [0.4, 0.5) is 11.4 Å². The van der Waals surface area contributed by atoms with Gasteiger partial charge in [-0.05, 0) is 32.0 Å². The number of nitrogens with zero attached hydrogens (tertiary/aromatic N) is 1. The molecule has 3 rings (SSSR count). The molecule has 0 unspecified atom stereocenters. The summed E-state index contributed by atoms with van der Waals surface area (Å²) in [5.74, 6) is 0.696. The molecule has 1 atom stereocenters. The zero-order valence-electron chi connectivity index (χ0n) is 15.4. The van der Waals surface area contributed by atoms with Crippen LogP contribution >= 0.6 is 11.6 Å². The lowest BCUT2D eigenvalue weighted by Crippen LogP contribution is -2.21. The topological polar surface area (TPSA) is 99.9 Å². The Bertz CT molecular complexity index is 918. The predicted octanol–water partition coefficient (Wildman–Crippen LogP) is 3.99. The lowest BCUT2D eigenvalue weighted by Gasteiger charge is -2.14. The van der Waals surface area contributed by atoms with E-state index >= 15 is 0 Å². The van der Waals surface area contributed by atoms with Crippen molar-refractivity contribution < 1.29 is 23.9 Å². The van der Waals surface area contributed by atoms with Crippen LogP contribution < -0.4 is 19.5 Å². The summed E-state index contributed by atoms with van der Waals surface area (Å²) in [6, 6.07) is 7.54. The number of fused-ring (bicyclic) bond motifs is 1. The maximum absolute atomic E-state index is 12.3. The standard InChI is InChI=1S/C19H19ClN2O6/c1-3-26-18-7-12-6-11(2)28-17(12)9-14(18)21-19(23)10-27-16-5-4-13(20)8-15(16)22(24)25/h4-5,7-9,11H,3,6,10H2,1-2H3,(H,21,23)/t11-/m1/s1. The smallest absolute Gasteiger partial charge is 0.312 e. The van der Waals surface area contributed by atoms with Crippen LogP contribution in [0.1, 0.15) is 19.4 Å². The van der Waals surface area contributed by atoms with Crippen LogP contribution in [0.15, 0.2) is 30.3 Å². The average molecular weight is 407 g/mol. The number of benzene rings is 2. The molecule has 9 heteroatoms. The quantitative estimate of drug-likeness (QED) is 0.551. The number of rotatable bonds is 7. The number of halogens is 1. The van der Waals surface area contributed by atoms with Crippen LogP contribution in [-0.2, 0) is 11.2 Å². The zero-order valence-corrected chi connectivity index (χ0v) is 16.1. The molecule has 148 valence electrons. The molecule has 1 aliphatic heterocycles. The molecule has 1 amide bonds. The molecular weight excluding hydrogens is 388 g/mol. The minimum absolute atomic E-state index is 0.0410. The number of anilines is 1. The van der Waals surface area contributed by atoms with Crippen LogP contribution in [0.2, 0.25) is 5.02 Å². The van der Waals surface area contributed by atoms with Gasteiger partial charge in [0, 0.05) is 29.1 Å². The van der Waals surface area contributed by atoms with E-state index in [1.807, 2.05) is 19.9 Å². The average Bonchev–Trinajstić information content (AvgIpc) is 2.99. The van der Waals surface area contributed by atoms with E-state index in [1.54, 1.807) is 6.07 Å². The Morgan fingerprint density at radius 1 is 1.32 bits per heavy atom. The van der Waals surface area contributed by atoms with Gasteiger partial charge in [0.05, 0.1) is 17.2 Å². The van der Waals surface area contributed by atoms with E-state index in [2.05, 4.69) is 5.32 Å². The van der Waals surface area contributed by atoms with Gasteiger partial charge in [0.25, 0.3) is 5.91 Å². The number of hydrogen-bond acceptors (Lipinski definition) is 6. The van der Waals surface area contributed by atoms with Gasteiger partial charge in [-0.25, -0.2) is 0 Å². The van der Waals surface area contributed by atoms with Crippen molar-refractivity contribution in [2.45, 2.75) is 26.4 Å². The van der Waals surface area contributed by atoms with Crippen molar-refractivity contribution in [3.63, 3.8) is 0 Å². The molecule has 0 bridgehead atoms. The summed E-state index contributed by atoms with van der Waals surface area (Å²) in [6.07, 6.45) is 0.830. The van der Waals surface area contributed by atoms with Gasteiger partial charge in [0.1, 0.15) is 17.6 Å². The Kier molecular flexibility index (Phi) is 5.89. The highest BCUT2D eigenvalue weighted by atomic mass is 35.5. The molecule has 1 N–H and O–H groups in total. The summed E-state index contributed by atoms with van der Waals surface area (Å²) < 4.78 is 16.6. The number of ether oxygens (including phenoxy) is 3. The molecule has 0 aromatic heterocycles. The molecule has 0 aliphatic carbocycles. The Morgan fingerprint density at radius 3 is 2.82 bits per heavy atom. The highest BCUT2D eigenvalue weighted by molar-refractivity contribution is 6.30. The normalized spacial score (nSPS) is 14.8. The van der Waals surface area contributed by atoms with Crippen molar-refractivity contribution >= 4 is 28.9 Å². The first kappa shape index (κ1) is 19.8. The van der Waals surface area contributed by atoms with E-state index in [0.29, 0.717) is 23.8 Å². The fourth-order valence-electron chi connectivity index (χ4n) is 2.90. The third-order valence-corrected chi connectivity index (χ3v) is 4.28. The van der Waals surface area contributed by atoms with Crippen LogP contribution in [0, 0.1) is 10.1 Å². The molecule has 1 heterocycles. The monoisotopic (exact) mass is 406 g/mol. The molecule has 0 spiro atoms. The van der Waals surface area contributed by atoms with Gasteiger partial charge < -0.3 is 19.5 Å². The zero-order chi connectivity index (χ0) is 20.3. The highest BCUT2D eigenvalue weighted by Gasteiger charge is 2.23. The molecule has 2 aromatic rings. The van der Waals surface area contributed by atoms with Gasteiger partial charge in [-0.1, -0.05) is 11.6 Å². The van der Waals surface area contributed by atoms with Crippen molar-refractivity contribution in [2.75, 3.05) is 18.5 Å². The molecule has 0 radical (unpaired) electrons. The second kappa shape index (κ2) is 8.35. The SMILES string of the molecule is CCOc1cc2c(cc1NC(=O)COc1ccc(Cl)cc1[N+](=O)[O-])O[C@H](C)C2. The van der Waals surface area contributed by atoms with Crippen molar-refractivity contribution in [3.05, 3.63) is 51.0 Å². The van der Waals surface area contributed by atoms with Gasteiger partial charge in [-0.2, -0.15) is 0 Å². The molecule has 0 saturated carbocycles. The van der Waals surface area contributed by atoms with E-state index in [0.717, 1.165) is 12.0 Å². The molecule has 1 aliphatic rings. The van der Waals surface area contributed by atoms with Gasteiger partial charge >= 0.3 is 5.69 Å². The number of amides is 1. The summed E-state index contributed by atoms with van der Waals surface area (Å²) in [5, 5.41) is 14.0. The lowest BCUT2D eigenvalue weighted by molar-refractivity contribution is -0.385. The maximum atomic E-state index is 12.3. The number of carbonyl (C=O) groups is 1. The summed E-state index contributed by atoms with van der Waals surface area (Å²) in [7, 11) is 0. The first-order chi connectivity index (χ1) is 13.4. The summed E-state index contributed by atoms with van der Waals surface area (Å²) in [6.45, 7) is 3.83. The van der Waals surface area contributed by atoms with Gasteiger partial charge in [-0.15, -0.1) is 0 Å². The van der Waals surface area contributed by atoms with E-state index < -0.39 is 17.4 Å². The van der Waals surface area contributed by atoms with Crippen molar-refractivity contribution in [2.24, 2.45) is 0 Å². The first-order valence-electron chi connectivity index (χ1n) is 8.70. The van der Waals surface area contributed by atoms with Crippen molar-refractivity contribution in [1.29, 1.82) is 0 Å². The van der Waals surface area contributed by atoms with Crippen LogP contribution in [0.5, 0.6) is 17.2 Å². The minimum Gasteiger partial charge on any atom is -0.492 e. The van der Waals surface area contributed by atoms with Crippen molar-refractivity contribution in [3.8, 4) is 17.2 Å². The molecule has 2 aromatic carbocycles. The van der Waals surface area contributed by atoms with E-state index in [-0.39, 0.29) is 22.6 Å². The summed E-state index contributed by atoms with van der Waals surface area (Å²) in [4.78, 5) is 22.8. The minimum atomic E-state index is -0.620. The third-order valence-electron chi connectivity index (χ3n) is 4.05. The molecule has 28 heavy (non-hydrogen) atoms. The van der Waals surface area contributed by atoms with Gasteiger partial charge in [-0.3, -0.25) is 14.9 Å². The fraction of sp³-hybridized carbons (Fsp3) is 0.316. The Labute approximate surface area is 166 Å². The molecular formula is C19H19ClN2O6. The first-order valence-corrected chi connectivity index (χ1v) is 9.08. The number of nitro benzene ring substituents is 1. The van der Waals surface area contributed by atoms with E-state index in [9.17, 15) is 14.9 Å². The second-order valence-corrected chi connectivity index (χ2v) is 6.66. The molecule has 8 nitrogen and oxygen atoms in total. The van der Waals surface area contributed by atoms with Crippen LogP contribution in [0.25, 0.3) is 0 Å². The van der Waals surface area contributed by atoms with E-state index in [1.165, 1.54) is 18.2 Å². The van der Waals surface area contributed by atoms with Crippen LogP contribution in [0.3, 0.4) is 0 Å². The highest BCUT2D eigenvalue weighted by Crippen LogP contribution is 2.38. The molecule has 0 fully saturated rings. The van der Waals surface area contributed by atoms with Crippen molar-refractivity contribution in [1.82, 2.24) is 0 Å². The van der Waals surface area contributed by atoms with Gasteiger partial charge in [0.15, 0.2) is 12.4 Å². The third kappa shape index (κ3) is 4.45. The number of nitrogens with one attached hydrogen (secondary N) is 1. The second-order valence-electron chi connectivity index (χ2n) is 6.23. The number of nitro groups is 1. The Hall–Kier alpha value is -3.00. The van der Waals surface area contributed by atoms with Crippen LogP contribution in [-0.4, -0.2) is 30.1 Å². The predicted molar refractivity (Wildman–Crippen MR) is 104 cm³/mol. The largest absolute Gasteiger partial charge is 0.492 e. The van der Waals surface area contributed by atoms with E-state index in [4.69, 9.17) is 25.8 Å². The molecule has 0 saturated heterocycles. The number of hydrogen-bond donors (Lipinski definition) is 1. The Morgan fingerprint density at radius 2 is 2.11 bits per heavy atom. The maximum Gasteiger partial charge on any atom is 0.312 e. The Balaban J connectivity index is 1.72.